The molecule has 20 heavy (non-hydrogen) atoms. The number of hydrogen-bond donors (Lipinski definition) is 3. The molecule has 4 nitrogen and oxygen atoms in total. The van der Waals surface area contributed by atoms with Crippen LogP contribution in [0.2, 0.25) is 5.02 Å². The number of urea groups is 1. The molecule has 0 heterocycles. The van der Waals surface area contributed by atoms with Crippen LogP contribution in [0.3, 0.4) is 0 Å². The lowest BCUT2D eigenvalue weighted by Crippen LogP contribution is -2.43. The molecule has 0 aliphatic carbocycles. The zero-order valence-corrected chi connectivity index (χ0v) is 13.0. The van der Waals surface area contributed by atoms with Crippen molar-refractivity contribution < 1.29 is 9.90 Å². The van der Waals surface area contributed by atoms with E-state index in [2.05, 4.69) is 10.6 Å². The number of rotatable bonds is 6. The molecule has 0 bridgehead atoms. The molecule has 112 valence electrons. The van der Waals surface area contributed by atoms with Crippen LogP contribution >= 0.6 is 11.6 Å². The summed E-state index contributed by atoms with van der Waals surface area (Å²) in [6.45, 7) is 6.70. The van der Waals surface area contributed by atoms with Crippen molar-refractivity contribution in [2.45, 2.75) is 38.7 Å². The molecular formula is C15H23ClN2O2. The second-order valence-corrected chi connectivity index (χ2v) is 6.02. The van der Waals surface area contributed by atoms with E-state index in [1.807, 2.05) is 38.1 Å². The molecule has 1 unspecified atom stereocenters. The molecule has 0 aliphatic rings. The van der Waals surface area contributed by atoms with Crippen LogP contribution in [-0.4, -0.2) is 30.3 Å². The topological polar surface area (TPSA) is 61.4 Å². The van der Waals surface area contributed by atoms with Crippen LogP contribution in [0.15, 0.2) is 24.3 Å². The Labute approximate surface area is 125 Å². The molecule has 1 atom stereocenters. The molecule has 1 aromatic carbocycles. The van der Waals surface area contributed by atoms with Crippen molar-refractivity contribution in [1.82, 2.24) is 10.6 Å². The largest absolute Gasteiger partial charge is 0.393 e. The lowest BCUT2D eigenvalue weighted by atomic mass is 9.84. The second kappa shape index (κ2) is 7.50. The smallest absolute Gasteiger partial charge is 0.314 e. The number of carbonyl (C=O) groups excluding carboxylic acids is 1. The monoisotopic (exact) mass is 298 g/mol. The Hall–Kier alpha value is -1.26. The Morgan fingerprint density at radius 1 is 1.35 bits per heavy atom. The number of aliphatic hydroxyl groups excluding tert-OH is 1. The van der Waals surface area contributed by atoms with Crippen LogP contribution in [0.5, 0.6) is 0 Å². The van der Waals surface area contributed by atoms with E-state index in [0.29, 0.717) is 24.5 Å². The standard InChI is InChI=1S/C15H23ClN2O2/c1-11(19)8-9-17-14(20)18-10-15(2,3)12-6-4-5-7-13(12)16/h4-7,11,19H,8-10H2,1-3H3,(H2,17,18,20). The SMILES string of the molecule is CC(O)CCNC(=O)NCC(C)(C)c1ccccc1Cl. The first-order valence-electron chi connectivity index (χ1n) is 6.77. The second-order valence-electron chi connectivity index (χ2n) is 5.61. The van der Waals surface area contributed by atoms with Crippen LogP contribution in [-0.2, 0) is 5.41 Å². The number of amides is 2. The van der Waals surface area contributed by atoms with E-state index in [4.69, 9.17) is 16.7 Å². The van der Waals surface area contributed by atoms with Gasteiger partial charge < -0.3 is 15.7 Å². The van der Waals surface area contributed by atoms with E-state index in [1.54, 1.807) is 6.92 Å². The van der Waals surface area contributed by atoms with Gasteiger partial charge in [0.25, 0.3) is 0 Å². The van der Waals surface area contributed by atoms with Gasteiger partial charge in [0.2, 0.25) is 0 Å². The quantitative estimate of drug-likeness (QED) is 0.756. The summed E-state index contributed by atoms with van der Waals surface area (Å²) in [6, 6.07) is 7.41. The third-order valence-electron chi connectivity index (χ3n) is 3.14. The van der Waals surface area contributed by atoms with Gasteiger partial charge in [-0.3, -0.25) is 0 Å². The zero-order valence-electron chi connectivity index (χ0n) is 12.2. The molecule has 5 heteroatoms. The highest BCUT2D eigenvalue weighted by Gasteiger charge is 2.23. The minimum atomic E-state index is -0.408. The molecular weight excluding hydrogens is 276 g/mol. The number of hydrogen-bond acceptors (Lipinski definition) is 2. The first-order valence-corrected chi connectivity index (χ1v) is 7.15. The number of benzene rings is 1. The minimum absolute atomic E-state index is 0.231. The number of carbonyl (C=O) groups is 1. The Bertz CT molecular complexity index is 447. The molecule has 2 amide bonds. The van der Waals surface area contributed by atoms with Gasteiger partial charge in [-0.25, -0.2) is 4.79 Å². The Morgan fingerprint density at radius 2 is 2.00 bits per heavy atom. The fourth-order valence-electron chi connectivity index (χ4n) is 1.86. The lowest BCUT2D eigenvalue weighted by Gasteiger charge is -2.26. The van der Waals surface area contributed by atoms with E-state index in [0.717, 1.165) is 5.56 Å². The van der Waals surface area contributed by atoms with Gasteiger partial charge in [0, 0.05) is 23.5 Å². The summed E-state index contributed by atoms with van der Waals surface area (Å²) in [6.07, 6.45) is 0.135. The van der Waals surface area contributed by atoms with Gasteiger partial charge in [0.05, 0.1) is 6.10 Å². The Kier molecular flexibility index (Phi) is 6.30. The third kappa shape index (κ3) is 5.39. The molecule has 0 radical (unpaired) electrons. The summed E-state index contributed by atoms with van der Waals surface area (Å²) < 4.78 is 0. The van der Waals surface area contributed by atoms with Crippen molar-refractivity contribution in [2.24, 2.45) is 0 Å². The number of nitrogens with one attached hydrogen (secondary N) is 2. The summed E-state index contributed by atoms with van der Waals surface area (Å²) in [4.78, 5) is 11.7. The molecule has 3 N–H and O–H groups in total. The lowest BCUT2D eigenvalue weighted by molar-refractivity contribution is 0.183. The summed E-state index contributed by atoms with van der Waals surface area (Å²) in [5.74, 6) is 0. The minimum Gasteiger partial charge on any atom is -0.393 e. The molecule has 0 fully saturated rings. The predicted octanol–water partition coefficient (Wildman–Crippen LogP) is 2.69. The van der Waals surface area contributed by atoms with Gasteiger partial charge >= 0.3 is 6.03 Å². The molecule has 0 aliphatic heterocycles. The van der Waals surface area contributed by atoms with Crippen molar-refractivity contribution in [2.75, 3.05) is 13.1 Å². The summed E-state index contributed by atoms with van der Waals surface area (Å²) in [5, 5.41) is 15.4. The summed E-state index contributed by atoms with van der Waals surface area (Å²) >= 11 is 6.19. The molecule has 0 saturated heterocycles. The normalized spacial score (nSPS) is 12.8. The van der Waals surface area contributed by atoms with Crippen molar-refractivity contribution >= 4 is 17.6 Å². The predicted molar refractivity (Wildman–Crippen MR) is 82.2 cm³/mol. The van der Waals surface area contributed by atoms with Gasteiger partial charge in [0.1, 0.15) is 0 Å². The maximum Gasteiger partial charge on any atom is 0.314 e. The first-order chi connectivity index (χ1) is 9.33. The maximum atomic E-state index is 11.7. The van der Waals surface area contributed by atoms with Gasteiger partial charge in [-0.15, -0.1) is 0 Å². The van der Waals surface area contributed by atoms with E-state index < -0.39 is 6.10 Å². The zero-order chi connectivity index (χ0) is 15.2. The van der Waals surface area contributed by atoms with Gasteiger partial charge in [-0.05, 0) is 25.0 Å². The van der Waals surface area contributed by atoms with Gasteiger partial charge in [-0.1, -0.05) is 43.6 Å². The van der Waals surface area contributed by atoms with Crippen LogP contribution in [0.1, 0.15) is 32.8 Å². The Balaban J connectivity index is 2.47. The Morgan fingerprint density at radius 3 is 2.60 bits per heavy atom. The molecule has 1 rings (SSSR count). The van der Waals surface area contributed by atoms with E-state index in [9.17, 15) is 4.79 Å². The van der Waals surface area contributed by atoms with Crippen LogP contribution in [0, 0.1) is 0 Å². The highest BCUT2D eigenvalue weighted by molar-refractivity contribution is 6.31. The van der Waals surface area contributed by atoms with Crippen molar-refractivity contribution in [3.8, 4) is 0 Å². The van der Waals surface area contributed by atoms with Crippen LogP contribution in [0.4, 0.5) is 4.79 Å². The highest BCUT2D eigenvalue weighted by Crippen LogP contribution is 2.28. The number of halogens is 1. The van der Waals surface area contributed by atoms with E-state index >= 15 is 0 Å². The maximum absolute atomic E-state index is 11.7. The first kappa shape index (κ1) is 16.8. The van der Waals surface area contributed by atoms with Crippen molar-refractivity contribution in [3.63, 3.8) is 0 Å². The fraction of sp³-hybridized carbons (Fsp3) is 0.533. The average molecular weight is 299 g/mol. The van der Waals surface area contributed by atoms with Crippen molar-refractivity contribution in [3.05, 3.63) is 34.9 Å². The summed E-state index contributed by atoms with van der Waals surface area (Å²) in [5.41, 5.74) is 0.755. The van der Waals surface area contributed by atoms with Crippen molar-refractivity contribution in [1.29, 1.82) is 0 Å². The van der Waals surface area contributed by atoms with E-state index in [-0.39, 0.29) is 11.4 Å². The summed E-state index contributed by atoms with van der Waals surface area (Å²) in [7, 11) is 0. The van der Waals surface area contributed by atoms with Crippen LogP contribution < -0.4 is 10.6 Å². The van der Waals surface area contributed by atoms with Gasteiger partial charge in [0.15, 0.2) is 0 Å². The third-order valence-corrected chi connectivity index (χ3v) is 3.47. The molecule has 1 aromatic rings. The highest BCUT2D eigenvalue weighted by atomic mass is 35.5. The van der Waals surface area contributed by atoms with Gasteiger partial charge in [-0.2, -0.15) is 0 Å². The van der Waals surface area contributed by atoms with E-state index in [1.165, 1.54) is 0 Å². The van der Waals surface area contributed by atoms with Crippen LogP contribution in [0.25, 0.3) is 0 Å². The molecule has 0 saturated carbocycles. The number of aliphatic hydroxyl groups is 1. The average Bonchev–Trinajstić information content (AvgIpc) is 2.36. The molecule has 0 aromatic heterocycles. The fourth-order valence-corrected chi connectivity index (χ4v) is 2.26. The molecule has 0 spiro atoms.